The molecule has 0 heterocycles. The predicted octanol–water partition coefficient (Wildman–Crippen LogP) is 1.17. The van der Waals surface area contributed by atoms with Crippen LogP contribution in [0.3, 0.4) is 0 Å². The molecule has 0 bridgehead atoms. The first-order valence-electron chi connectivity index (χ1n) is 5.89. The van der Waals surface area contributed by atoms with Gasteiger partial charge in [-0.1, -0.05) is 6.42 Å². The fourth-order valence-electron chi connectivity index (χ4n) is 2.38. The van der Waals surface area contributed by atoms with Crippen molar-refractivity contribution in [2.75, 3.05) is 13.6 Å². The van der Waals surface area contributed by atoms with Crippen molar-refractivity contribution >= 4 is 10.0 Å². The Bertz CT molecular complexity index is 332. The second-order valence-electron chi connectivity index (χ2n) is 5.63. The van der Waals surface area contributed by atoms with Crippen LogP contribution >= 0.6 is 0 Å². The summed E-state index contributed by atoms with van der Waals surface area (Å²) in [4.78, 5) is 0. The molecule has 16 heavy (non-hydrogen) atoms. The molecule has 2 unspecified atom stereocenters. The molecule has 2 atom stereocenters. The minimum atomic E-state index is -3.23. The molecule has 0 spiro atoms. The monoisotopic (exact) mass is 248 g/mol. The van der Waals surface area contributed by atoms with Gasteiger partial charge in [0.2, 0.25) is 10.0 Å². The van der Waals surface area contributed by atoms with Crippen molar-refractivity contribution in [3.05, 3.63) is 0 Å². The Labute approximate surface area is 99.2 Å². The number of nitrogens with zero attached hydrogens (tertiary/aromatic N) is 1. The van der Waals surface area contributed by atoms with Crippen LogP contribution in [-0.2, 0) is 10.0 Å². The van der Waals surface area contributed by atoms with E-state index in [4.69, 9.17) is 5.73 Å². The Morgan fingerprint density at radius 3 is 2.31 bits per heavy atom. The summed E-state index contributed by atoms with van der Waals surface area (Å²) in [6, 6.07) is 0.0919. The number of hydrogen-bond acceptors (Lipinski definition) is 3. The fourth-order valence-corrected chi connectivity index (χ4v) is 3.88. The van der Waals surface area contributed by atoms with E-state index in [2.05, 4.69) is 0 Å². The number of rotatable bonds is 3. The molecule has 1 saturated carbocycles. The molecule has 0 amide bonds. The Balaban J connectivity index is 2.90. The van der Waals surface area contributed by atoms with E-state index in [1.54, 1.807) is 32.1 Å². The van der Waals surface area contributed by atoms with Gasteiger partial charge in [-0.2, -0.15) is 0 Å². The molecule has 0 aromatic heterocycles. The van der Waals surface area contributed by atoms with E-state index in [0.717, 1.165) is 19.3 Å². The van der Waals surface area contributed by atoms with E-state index in [1.165, 1.54) is 0 Å². The Kier molecular flexibility index (Phi) is 4.03. The summed E-state index contributed by atoms with van der Waals surface area (Å²) in [7, 11) is -1.53. The highest BCUT2D eigenvalue weighted by atomic mass is 32.2. The van der Waals surface area contributed by atoms with Crippen LogP contribution in [0.5, 0.6) is 0 Å². The molecule has 0 aromatic carbocycles. The van der Waals surface area contributed by atoms with Crippen molar-refractivity contribution in [1.29, 1.82) is 0 Å². The largest absolute Gasteiger partial charge is 0.330 e. The lowest BCUT2D eigenvalue weighted by Crippen LogP contribution is -2.48. The highest BCUT2D eigenvalue weighted by Gasteiger charge is 2.40. The zero-order valence-electron chi connectivity index (χ0n) is 10.7. The van der Waals surface area contributed by atoms with Gasteiger partial charge in [-0.05, 0) is 46.1 Å². The smallest absolute Gasteiger partial charge is 0.219 e. The first-order valence-corrected chi connectivity index (χ1v) is 7.33. The van der Waals surface area contributed by atoms with Crippen LogP contribution in [0.15, 0.2) is 0 Å². The van der Waals surface area contributed by atoms with Crippen LogP contribution in [0, 0.1) is 5.92 Å². The van der Waals surface area contributed by atoms with Crippen LogP contribution < -0.4 is 5.73 Å². The molecule has 1 aliphatic rings. The molecule has 0 aliphatic heterocycles. The maximum atomic E-state index is 12.3. The van der Waals surface area contributed by atoms with Crippen molar-refractivity contribution < 1.29 is 8.42 Å². The van der Waals surface area contributed by atoms with E-state index < -0.39 is 14.8 Å². The second-order valence-corrected chi connectivity index (χ2v) is 8.38. The lowest BCUT2D eigenvalue weighted by molar-refractivity contribution is 0.297. The summed E-state index contributed by atoms with van der Waals surface area (Å²) in [6.07, 6.45) is 3.06. The summed E-state index contributed by atoms with van der Waals surface area (Å²) >= 11 is 0. The molecular weight excluding hydrogens is 224 g/mol. The van der Waals surface area contributed by atoms with Gasteiger partial charge < -0.3 is 5.73 Å². The van der Waals surface area contributed by atoms with Crippen LogP contribution in [0.4, 0.5) is 0 Å². The standard InChI is InChI=1S/C11H24N2O2S/c1-11(2,3)16(14,15)13(4)10-7-5-6-9(10)8-12/h9-10H,5-8,12H2,1-4H3. The lowest BCUT2D eigenvalue weighted by Gasteiger charge is -2.33. The van der Waals surface area contributed by atoms with E-state index in [9.17, 15) is 8.42 Å². The Morgan fingerprint density at radius 1 is 1.31 bits per heavy atom. The Hall–Kier alpha value is -0.130. The second kappa shape index (κ2) is 4.63. The molecular formula is C11H24N2O2S. The molecule has 0 radical (unpaired) electrons. The van der Waals surface area contributed by atoms with E-state index in [0.29, 0.717) is 12.5 Å². The maximum absolute atomic E-state index is 12.3. The fraction of sp³-hybridized carbons (Fsp3) is 1.00. The van der Waals surface area contributed by atoms with Crippen molar-refractivity contribution in [2.45, 2.75) is 50.8 Å². The van der Waals surface area contributed by atoms with Crippen LogP contribution in [-0.4, -0.2) is 37.1 Å². The van der Waals surface area contributed by atoms with E-state index in [-0.39, 0.29) is 6.04 Å². The van der Waals surface area contributed by atoms with Gasteiger partial charge in [0.25, 0.3) is 0 Å². The van der Waals surface area contributed by atoms with Gasteiger partial charge in [-0.3, -0.25) is 0 Å². The first kappa shape index (κ1) is 13.9. The van der Waals surface area contributed by atoms with Crippen LogP contribution in [0.25, 0.3) is 0 Å². The number of nitrogens with two attached hydrogens (primary N) is 1. The number of sulfonamides is 1. The van der Waals surface area contributed by atoms with E-state index in [1.807, 2.05) is 0 Å². The van der Waals surface area contributed by atoms with Gasteiger partial charge in [0.1, 0.15) is 0 Å². The Morgan fingerprint density at radius 2 is 1.88 bits per heavy atom. The highest BCUT2D eigenvalue weighted by molar-refractivity contribution is 7.90. The molecule has 96 valence electrons. The maximum Gasteiger partial charge on any atom is 0.219 e. The lowest BCUT2D eigenvalue weighted by atomic mass is 10.0. The van der Waals surface area contributed by atoms with Crippen molar-refractivity contribution in [3.63, 3.8) is 0 Å². The van der Waals surface area contributed by atoms with Gasteiger partial charge in [-0.25, -0.2) is 12.7 Å². The molecule has 1 rings (SSSR count). The van der Waals surface area contributed by atoms with Crippen molar-refractivity contribution in [2.24, 2.45) is 11.7 Å². The molecule has 1 aliphatic carbocycles. The molecule has 4 nitrogen and oxygen atoms in total. The van der Waals surface area contributed by atoms with Gasteiger partial charge in [0, 0.05) is 13.1 Å². The molecule has 5 heteroatoms. The minimum absolute atomic E-state index is 0.0919. The molecule has 0 saturated heterocycles. The average Bonchev–Trinajstić information content (AvgIpc) is 2.62. The summed E-state index contributed by atoms with van der Waals surface area (Å²) in [6.45, 7) is 5.80. The first-order chi connectivity index (χ1) is 7.21. The van der Waals surface area contributed by atoms with Gasteiger partial charge >= 0.3 is 0 Å². The third kappa shape index (κ3) is 2.41. The predicted molar refractivity (Wildman–Crippen MR) is 66.6 cm³/mol. The summed E-state index contributed by atoms with van der Waals surface area (Å²) in [5, 5.41) is 0. The summed E-state index contributed by atoms with van der Waals surface area (Å²) in [5.74, 6) is 0.321. The van der Waals surface area contributed by atoms with E-state index >= 15 is 0 Å². The summed E-state index contributed by atoms with van der Waals surface area (Å²) < 4.78 is 25.4. The zero-order valence-corrected chi connectivity index (χ0v) is 11.5. The van der Waals surface area contributed by atoms with Gasteiger partial charge in [-0.15, -0.1) is 0 Å². The van der Waals surface area contributed by atoms with Crippen molar-refractivity contribution in [1.82, 2.24) is 4.31 Å². The van der Waals surface area contributed by atoms with Crippen LogP contribution in [0.2, 0.25) is 0 Å². The SMILES string of the molecule is CN(C1CCCC1CN)S(=O)(=O)C(C)(C)C. The van der Waals surface area contributed by atoms with Crippen LogP contribution in [0.1, 0.15) is 40.0 Å². The quantitative estimate of drug-likeness (QED) is 0.815. The highest BCUT2D eigenvalue weighted by Crippen LogP contribution is 2.32. The molecule has 0 aromatic rings. The third-order valence-corrected chi connectivity index (χ3v) is 6.12. The third-order valence-electron chi connectivity index (χ3n) is 3.54. The van der Waals surface area contributed by atoms with Crippen molar-refractivity contribution in [3.8, 4) is 0 Å². The zero-order chi connectivity index (χ0) is 12.6. The number of hydrogen-bond donors (Lipinski definition) is 1. The van der Waals surface area contributed by atoms with Gasteiger partial charge in [0.15, 0.2) is 0 Å². The normalized spacial score (nSPS) is 27.6. The molecule has 1 fully saturated rings. The minimum Gasteiger partial charge on any atom is -0.330 e. The summed E-state index contributed by atoms with van der Waals surface area (Å²) in [5.41, 5.74) is 5.69. The molecule has 2 N–H and O–H groups in total. The average molecular weight is 248 g/mol. The van der Waals surface area contributed by atoms with Gasteiger partial charge in [0.05, 0.1) is 4.75 Å². The topological polar surface area (TPSA) is 63.4 Å².